The van der Waals surface area contributed by atoms with E-state index in [0.29, 0.717) is 6.54 Å². The summed E-state index contributed by atoms with van der Waals surface area (Å²) < 4.78 is 4.78. The molecule has 308 valence electrons. The van der Waals surface area contributed by atoms with Crippen LogP contribution < -0.4 is 5.32 Å². The predicted octanol–water partition coefficient (Wildman–Crippen LogP) is 8.35. The van der Waals surface area contributed by atoms with Crippen LogP contribution in [-0.4, -0.2) is 94.2 Å². The number of aromatic nitrogens is 2. The van der Waals surface area contributed by atoms with E-state index in [4.69, 9.17) is 14.7 Å². The van der Waals surface area contributed by atoms with Crippen LogP contribution in [0.5, 0.6) is 0 Å². The van der Waals surface area contributed by atoms with Crippen molar-refractivity contribution in [1.82, 2.24) is 30.0 Å². The average Bonchev–Trinajstić information content (AvgIpc) is 4.12. The molecule has 5 aromatic rings. The minimum Gasteiger partial charge on any atom is -0.453 e. The van der Waals surface area contributed by atoms with Gasteiger partial charge in [0.05, 0.1) is 31.1 Å². The van der Waals surface area contributed by atoms with Gasteiger partial charge in [0, 0.05) is 43.5 Å². The van der Waals surface area contributed by atoms with E-state index in [-0.39, 0.29) is 35.9 Å². The van der Waals surface area contributed by atoms with Crippen LogP contribution in [0.2, 0.25) is 0 Å². The van der Waals surface area contributed by atoms with Crippen LogP contribution in [0.1, 0.15) is 80.6 Å². The average molecular weight is 804 g/mol. The third kappa shape index (κ3) is 7.51. The molecule has 4 aromatic carbocycles. The zero-order valence-corrected chi connectivity index (χ0v) is 34.9. The molecule has 60 heavy (non-hydrogen) atoms. The van der Waals surface area contributed by atoms with Gasteiger partial charge in [0.1, 0.15) is 17.9 Å². The van der Waals surface area contributed by atoms with E-state index in [1.54, 1.807) is 0 Å². The van der Waals surface area contributed by atoms with Gasteiger partial charge in [0.15, 0.2) is 0 Å². The number of alkyl carbamates (subject to hydrolysis) is 1. The summed E-state index contributed by atoms with van der Waals surface area (Å²) in [5, 5.41) is 4.98. The fourth-order valence-corrected chi connectivity index (χ4v) is 9.69. The summed E-state index contributed by atoms with van der Waals surface area (Å²) in [4.78, 5) is 59.0. The lowest BCUT2D eigenvalue weighted by molar-refractivity contribution is -0.137. The molecular formula is C49H53N7O4. The first-order valence-corrected chi connectivity index (χ1v) is 21.4. The Hall–Kier alpha value is -6.07. The molecule has 0 bridgehead atoms. The molecule has 5 heterocycles. The number of ether oxygens (including phenoxy) is 1. The number of aliphatic imine (C=N–C) groups is 1. The van der Waals surface area contributed by atoms with Crippen molar-refractivity contribution in [3.63, 3.8) is 0 Å². The highest BCUT2D eigenvalue weighted by atomic mass is 16.5. The van der Waals surface area contributed by atoms with E-state index in [1.807, 2.05) is 37.2 Å². The Labute approximate surface area is 351 Å². The van der Waals surface area contributed by atoms with Crippen LogP contribution in [0.4, 0.5) is 4.79 Å². The van der Waals surface area contributed by atoms with E-state index in [9.17, 15) is 14.4 Å². The van der Waals surface area contributed by atoms with Gasteiger partial charge in [0.2, 0.25) is 11.8 Å². The lowest BCUT2D eigenvalue weighted by Gasteiger charge is -2.37. The maximum absolute atomic E-state index is 14.2. The first-order chi connectivity index (χ1) is 29.2. The van der Waals surface area contributed by atoms with Crippen molar-refractivity contribution in [2.45, 2.75) is 76.5 Å². The molecule has 2 fully saturated rings. The third-order valence-corrected chi connectivity index (χ3v) is 13.0. The number of nitrogens with one attached hydrogen (secondary N) is 2. The quantitative estimate of drug-likeness (QED) is 0.155. The molecule has 11 nitrogen and oxygen atoms in total. The summed E-state index contributed by atoms with van der Waals surface area (Å²) >= 11 is 0. The van der Waals surface area contributed by atoms with Crippen LogP contribution >= 0.6 is 0 Å². The summed E-state index contributed by atoms with van der Waals surface area (Å²) in [5.41, 5.74) is 10.1. The van der Waals surface area contributed by atoms with E-state index in [0.717, 1.165) is 107 Å². The zero-order chi connectivity index (χ0) is 41.5. The first kappa shape index (κ1) is 39.4. The second-order valence-corrected chi connectivity index (χ2v) is 17.1. The molecule has 1 aromatic heterocycles. The largest absolute Gasteiger partial charge is 0.453 e. The van der Waals surface area contributed by atoms with Crippen molar-refractivity contribution >= 4 is 40.0 Å². The molecule has 0 saturated carbocycles. The molecule has 2 saturated heterocycles. The van der Waals surface area contributed by atoms with Gasteiger partial charge in [-0.25, -0.2) is 9.78 Å². The number of rotatable bonds is 9. The van der Waals surface area contributed by atoms with Gasteiger partial charge in [-0.2, -0.15) is 0 Å². The minimum atomic E-state index is -0.677. The van der Waals surface area contributed by atoms with E-state index >= 15 is 0 Å². The Kier molecular flexibility index (Phi) is 10.9. The molecule has 4 atom stereocenters. The summed E-state index contributed by atoms with van der Waals surface area (Å²) in [7, 11) is 3.37. The molecule has 9 rings (SSSR count). The maximum atomic E-state index is 14.2. The van der Waals surface area contributed by atoms with Crippen molar-refractivity contribution in [2.75, 3.05) is 33.8 Å². The Morgan fingerprint density at radius 1 is 0.817 bits per heavy atom. The third-order valence-electron chi connectivity index (χ3n) is 13.0. The van der Waals surface area contributed by atoms with Crippen molar-refractivity contribution < 1.29 is 19.1 Å². The lowest BCUT2D eigenvalue weighted by atomic mass is 9.91. The summed E-state index contributed by atoms with van der Waals surface area (Å²) in [6.45, 7) is 6.10. The van der Waals surface area contributed by atoms with Crippen LogP contribution in [0.3, 0.4) is 0 Å². The monoisotopic (exact) mass is 803 g/mol. The van der Waals surface area contributed by atoms with Crippen LogP contribution in [0.15, 0.2) is 102 Å². The topological polar surface area (TPSA) is 123 Å². The number of hydrogen-bond acceptors (Lipinski definition) is 7. The number of carbonyl (C=O) groups is 3. The molecule has 4 aliphatic rings. The van der Waals surface area contributed by atoms with Crippen molar-refractivity contribution in [3.8, 4) is 22.4 Å². The van der Waals surface area contributed by atoms with Gasteiger partial charge in [0.25, 0.3) is 0 Å². The van der Waals surface area contributed by atoms with Crippen LogP contribution in [0.25, 0.3) is 38.7 Å². The molecule has 4 aliphatic heterocycles. The number of imidazole rings is 1. The Morgan fingerprint density at radius 2 is 1.50 bits per heavy atom. The predicted molar refractivity (Wildman–Crippen MR) is 235 cm³/mol. The second-order valence-electron chi connectivity index (χ2n) is 17.1. The number of likely N-dealkylation sites (tertiary alicyclic amines) is 2. The number of H-pyrrole nitrogens is 1. The highest BCUT2D eigenvalue weighted by Gasteiger charge is 2.41. The second kappa shape index (κ2) is 16.5. The number of fused-ring (bicyclic) bond motifs is 2. The molecule has 0 unspecified atom stereocenters. The zero-order valence-electron chi connectivity index (χ0n) is 34.9. The fraction of sp³-hybridized carbons (Fsp3) is 0.367. The summed E-state index contributed by atoms with van der Waals surface area (Å²) in [6, 6.07) is 29.1. The Balaban J connectivity index is 0.848. The number of nitrogens with zero attached hydrogens (tertiary/aromatic N) is 5. The van der Waals surface area contributed by atoms with Gasteiger partial charge in [-0.3, -0.25) is 19.5 Å². The number of carbonyl (C=O) groups excluding carboxylic acids is 3. The number of aromatic amines is 1. The van der Waals surface area contributed by atoms with Crippen molar-refractivity contribution in [2.24, 2.45) is 10.9 Å². The fourth-order valence-electron chi connectivity index (χ4n) is 9.69. The Bertz CT molecular complexity index is 2500. The molecule has 3 amide bonds. The summed E-state index contributed by atoms with van der Waals surface area (Å²) in [5.74, 6) is 0.726. The van der Waals surface area contributed by atoms with E-state index in [1.165, 1.54) is 18.2 Å². The number of amides is 3. The highest BCUT2D eigenvalue weighted by Crippen LogP contribution is 2.37. The Morgan fingerprint density at radius 3 is 2.27 bits per heavy atom. The molecule has 0 radical (unpaired) electrons. The molecular weight excluding hydrogens is 751 g/mol. The van der Waals surface area contributed by atoms with Gasteiger partial charge >= 0.3 is 6.09 Å². The van der Waals surface area contributed by atoms with Crippen molar-refractivity contribution in [1.29, 1.82) is 0 Å². The SMILES string of the molecule is COC(=O)N[C@H](C(=O)N1CCC[C@H]1c1ncc(-c2ccc3cc(-c4ccc(C5=CN=C([C@@H]6CCCN6C(=O)[C@H]6c7ccccc7CCN6C)C5)cc4)ccc3c2)[nH]1)C(C)C. The number of benzene rings is 4. The number of likely N-dealkylation sites (N-methyl/N-ethyl adjacent to an activating group) is 1. The maximum Gasteiger partial charge on any atom is 0.407 e. The van der Waals surface area contributed by atoms with Gasteiger partial charge < -0.3 is 24.8 Å². The van der Waals surface area contributed by atoms with Crippen LogP contribution in [0, 0.1) is 5.92 Å². The highest BCUT2D eigenvalue weighted by molar-refractivity contribution is 6.04. The van der Waals surface area contributed by atoms with Gasteiger partial charge in [-0.05, 0) is 101 Å². The van der Waals surface area contributed by atoms with Crippen LogP contribution in [-0.2, 0) is 20.7 Å². The summed E-state index contributed by atoms with van der Waals surface area (Å²) in [6.07, 6.45) is 8.57. The standard InChI is InChI=1S/C49H53N7O4/c1-30(2)44(53-49(59)60-4)47(57)56-23-8-12-43(56)46-51-29-41(52-46)37-20-19-35-25-34(17-18-36(35)26-37)31-13-15-32(16-14-31)38-27-40(50-28-38)42-11-7-22-55(42)48(58)45-39-10-6-5-9-33(39)21-24-54(45)3/h5-6,9-10,13-20,25-26,28-30,42-45H,7-8,11-12,21-24,27H2,1-4H3,(H,51,52)(H,53,59)/t42-,43-,44-,45+/m0/s1. The molecule has 2 N–H and O–H groups in total. The lowest BCUT2D eigenvalue weighted by Crippen LogP contribution is -2.51. The molecule has 0 aliphatic carbocycles. The van der Waals surface area contributed by atoms with Crippen molar-refractivity contribution in [3.05, 3.63) is 120 Å². The number of hydrogen-bond donors (Lipinski definition) is 2. The molecule has 0 spiro atoms. The van der Waals surface area contributed by atoms with E-state index in [2.05, 4.69) is 106 Å². The smallest absolute Gasteiger partial charge is 0.407 e. The van der Waals surface area contributed by atoms with E-state index < -0.39 is 12.1 Å². The number of methoxy groups -OCH3 is 1. The molecule has 11 heteroatoms. The number of allylic oxidation sites excluding steroid dienone is 1. The van der Waals surface area contributed by atoms with Gasteiger partial charge in [-0.1, -0.05) is 86.6 Å². The first-order valence-electron chi connectivity index (χ1n) is 21.4. The normalized spacial score (nSPS) is 20.9. The van der Waals surface area contributed by atoms with Gasteiger partial charge in [-0.15, -0.1) is 0 Å². The minimum absolute atomic E-state index is 0.0376.